The molecule has 2 aromatic heterocycles. The number of hydrogen-bond acceptors (Lipinski definition) is 17. The Hall–Kier alpha value is -3.45. The molecule has 16 nitrogen and oxygen atoms in total. The number of carbonyl (C=O) groups excluding carboxylic acids is 3. The van der Waals surface area contributed by atoms with Gasteiger partial charge in [0.1, 0.15) is 34.5 Å². The lowest BCUT2D eigenvalue weighted by atomic mass is 9.73. The van der Waals surface area contributed by atoms with Crippen molar-refractivity contribution in [3.05, 3.63) is 24.0 Å². The average molecular weight is 817 g/mol. The fraction of sp³-hybridized carbons (Fsp3) is 0.725. The number of Topliss-reactive ketones (excluding diaryl/α,β-unsaturated/α-hetero) is 2. The molecule has 2 aromatic rings. The maximum atomic E-state index is 14.3. The van der Waals surface area contributed by atoms with Crippen molar-refractivity contribution >= 4 is 40.7 Å². The molecule has 12 atom stereocenters. The zero-order chi connectivity index (χ0) is 41.8. The fourth-order valence-corrected chi connectivity index (χ4v) is 8.89. The summed E-state index contributed by atoms with van der Waals surface area (Å²) in [6.45, 7) is 11.9. The van der Waals surface area contributed by atoms with Crippen LogP contribution in [0.2, 0.25) is 0 Å². The highest BCUT2D eigenvalue weighted by atomic mass is 32.1. The molecule has 17 heteroatoms. The summed E-state index contributed by atoms with van der Waals surface area (Å²) in [7, 11) is 3.73. The number of esters is 1. The summed E-state index contributed by atoms with van der Waals surface area (Å²) in [6.07, 6.45) is -1.55. The zero-order valence-corrected chi connectivity index (χ0v) is 35.4. The average Bonchev–Trinajstić information content (AvgIpc) is 3.60. The Morgan fingerprint density at radius 3 is 2.51 bits per heavy atom. The van der Waals surface area contributed by atoms with E-state index in [1.165, 1.54) is 18.5 Å². The molecule has 2 bridgehead atoms. The Balaban J connectivity index is 1.54. The van der Waals surface area contributed by atoms with Crippen LogP contribution in [0.5, 0.6) is 0 Å². The van der Waals surface area contributed by atoms with E-state index in [4.69, 9.17) is 29.5 Å². The summed E-state index contributed by atoms with van der Waals surface area (Å²) >= 11 is 1.17. The number of nitrogen functional groups attached to an aromatic ring is 1. The molecule has 3 aliphatic rings. The second kappa shape index (κ2) is 18.6. The lowest BCUT2D eigenvalue weighted by Crippen LogP contribution is -2.59. The summed E-state index contributed by atoms with van der Waals surface area (Å²) in [5.41, 5.74) is 4.52. The van der Waals surface area contributed by atoms with Crippen LogP contribution in [-0.4, -0.2) is 121 Å². The normalized spacial score (nSPS) is 37.0. The molecule has 0 saturated carbocycles. The Bertz CT molecular complexity index is 1740. The number of nitrogens with zero attached hydrogens (tertiary/aromatic N) is 5. The van der Waals surface area contributed by atoms with E-state index in [2.05, 4.69) is 19.5 Å². The van der Waals surface area contributed by atoms with E-state index in [0.717, 1.165) is 5.56 Å². The van der Waals surface area contributed by atoms with E-state index >= 15 is 0 Å². The molecule has 316 valence electrons. The SMILES string of the molecule is CC[C@H]1OC(=O)[C@H](C)C(=O)[C@H](C)[C@@H](O[C@@H]2O[C@H](C)C[C@H](N(C)C)[C@H]2O)[C@@]2(C)C[C@@H](C)C(=O)C[C@@H](CC/C(=N\OCc3ccc(-c4nc(N)ns4)cn3)CO2)[C@]1(C)O. The van der Waals surface area contributed by atoms with Gasteiger partial charge in [-0.15, -0.1) is 0 Å². The number of aliphatic hydroxyl groups is 2. The van der Waals surface area contributed by atoms with Gasteiger partial charge in [-0.3, -0.25) is 19.4 Å². The molecule has 0 amide bonds. The summed E-state index contributed by atoms with van der Waals surface area (Å²) in [6, 6.07) is 3.32. The van der Waals surface area contributed by atoms with Crippen LogP contribution in [-0.2, 0) is 44.8 Å². The van der Waals surface area contributed by atoms with Gasteiger partial charge < -0.3 is 44.6 Å². The van der Waals surface area contributed by atoms with Gasteiger partial charge in [-0.1, -0.05) is 25.9 Å². The third-order valence-electron chi connectivity index (χ3n) is 11.9. The molecule has 3 fully saturated rings. The summed E-state index contributed by atoms with van der Waals surface area (Å²) in [5.74, 6) is -4.68. The van der Waals surface area contributed by atoms with Crippen molar-refractivity contribution in [2.75, 3.05) is 26.4 Å². The maximum absolute atomic E-state index is 14.3. The number of aliphatic hydroxyl groups excluding tert-OH is 1. The van der Waals surface area contributed by atoms with Gasteiger partial charge >= 0.3 is 5.97 Å². The van der Waals surface area contributed by atoms with E-state index in [1.807, 2.05) is 32.0 Å². The summed E-state index contributed by atoms with van der Waals surface area (Å²) in [4.78, 5) is 58.6. The number of pyridine rings is 1. The molecule has 0 radical (unpaired) electrons. The molecule has 5 rings (SSSR count). The first-order valence-electron chi connectivity index (χ1n) is 19.8. The maximum Gasteiger partial charge on any atom is 0.316 e. The quantitative estimate of drug-likeness (QED) is 0.195. The number of rotatable bonds is 8. The van der Waals surface area contributed by atoms with Gasteiger partial charge in [0.25, 0.3) is 0 Å². The van der Waals surface area contributed by atoms with Crippen molar-refractivity contribution in [1.29, 1.82) is 0 Å². The third-order valence-corrected chi connectivity index (χ3v) is 12.7. The predicted molar refractivity (Wildman–Crippen MR) is 212 cm³/mol. The first kappa shape index (κ1) is 44.6. The van der Waals surface area contributed by atoms with Gasteiger partial charge in [-0.2, -0.15) is 9.36 Å². The van der Waals surface area contributed by atoms with E-state index in [0.29, 0.717) is 22.8 Å². The van der Waals surface area contributed by atoms with Crippen LogP contribution in [0.25, 0.3) is 10.6 Å². The van der Waals surface area contributed by atoms with Crippen LogP contribution < -0.4 is 5.73 Å². The number of aromatic nitrogens is 3. The Morgan fingerprint density at radius 1 is 1.14 bits per heavy atom. The number of nitrogens with two attached hydrogens (primary N) is 1. The molecule has 0 aliphatic carbocycles. The molecule has 3 saturated heterocycles. The van der Waals surface area contributed by atoms with Crippen LogP contribution in [0.15, 0.2) is 23.5 Å². The van der Waals surface area contributed by atoms with Crippen LogP contribution in [0.1, 0.15) is 92.7 Å². The predicted octanol–water partition coefficient (Wildman–Crippen LogP) is 3.96. The Kier molecular flexibility index (Phi) is 14.6. The van der Waals surface area contributed by atoms with E-state index in [1.54, 1.807) is 46.9 Å². The number of fused-ring (bicyclic) bond motifs is 5. The summed E-state index contributed by atoms with van der Waals surface area (Å²) < 4.78 is 29.6. The van der Waals surface area contributed by atoms with Crippen molar-refractivity contribution in [1.82, 2.24) is 19.2 Å². The second-order valence-electron chi connectivity index (χ2n) is 16.6. The van der Waals surface area contributed by atoms with Crippen molar-refractivity contribution in [2.24, 2.45) is 28.8 Å². The molecule has 4 N–H and O–H groups in total. The number of oxime groups is 1. The standard InChI is InChI=1S/C40H60N6O10S/c1-10-31-40(7,51)26-12-14-28(44-53-20-27-13-11-25(18-42-27)35-43-38(41)45-57-35)19-52-39(6,17-21(2)30(47)16-26)34(23(4)32(48)24(5)36(50)55-31)56-37-33(49)29(46(8)9)15-22(3)54-37/h11,13,18,21-24,26,29,31,33-34,37,49,51H,10,12,14-17,19-20H2,1-9H3,(H2,41,45)/b44-28+/t21-,22-,23+,24-,26-,29+,31-,33-,34-,37+,39-,40+/m1/s1. The molecular weight excluding hydrogens is 757 g/mol. The van der Waals surface area contributed by atoms with Crippen LogP contribution in [0, 0.1) is 23.7 Å². The number of ether oxygens (including phenoxy) is 4. The van der Waals surface area contributed by atoms with Crippen molar-refractivity contribution in [2.45, 2.75) is 142 Å². The van der Waals surface area contributed by atoms with Crippen LogP contribution in [0.3, 0.4) is 0 Å². The number of likely N-dealkylation sites (N-methyl/N-ethyl adjacent to an activating group) is 1. The number of anilines is 1. The van der Waals surface area contributed by atoms with E-state index < -0.39 is 71.2 Å². The highest BCUT2D eigenvalue weighted by Gasteiger charge is 2.51. The van der Waals surface area contributed by atoms with Crippen LogP contribution >= 0.6 is 11.5 Å². The van der Waals surface area contributed by atoms with Gasteiger partial charge in [-0.25, -0.2) is 0 Å². The number of carbonyl (C=O) groups is 3. The highest BCUT2D eigenvalue weighted by molar-refractivity contribution is 7.09. The van der Waals surface area contributed by atoms with Crippen molar-refractivity contribution < 1.29 is 48.4 Å². The van der Waals surface area contributed by atoms with Gasteiger partial charge in [0, 0.05) is 36.1 Å². The molecule has 0 spiro atoms. The molecule has 0 unspecified atom stereocenters. The Morgan fingerprint density at radius 2 is 1.88 bits per heavy atom. The van der Waals surface area contributed by atoms with Crippen molar-refractivity contribution in [3.63, 3.8) is 0 Å². The van der Waals surface area contributed by atoms with E-state index in [9.17, 15) is 24.6 Å². The van der Waals surface area contributed by atoms with Gasteiger partial charge in [0.05, 0.1) is 35.8 Å². The van der Waals surface area contributed by atoms with Gasteiger partial charge in [0.15, 0.2) is 18.7 Å². The highest BCUT2D eigenvalue weighted by Crippen LogP contribution is 2.40. The molecule has 57 heavy (non-hydrogen) atoms. The molecule has 5 heterocycles. The number of cyclic esters (lactones) is 1. The van der Waals surface area contributed by atoms with E-state index in [-0.39, 0.29) is 69.2 Å². The lowest BCUT2D eigenvalue weighted by Gasteiger charge is -2.47. The zero-order valence-electron chi connectivity index (χ0n) is 34.5. The fourth-order valence-electron chi connectivity index (χ4n) is 8.31. The Labute approximate surface area is 339 Å². The number of hydrogen-bond donors (Lipinski definition) is 3. The molecule has 3 aliphatic heterocycles. The minimum Gasteiger partial charge on any atom is -0.459 e. The lowest BCUT2D eigenvalue weighted by molar-refractivity contribution is -0.296. The molecular formula is C40H60N6O10S. The summed E-state index contributed by atoms with van der Waals surface area (Å²) in [5, 5.41) is 28.8. The number of ketones is 2. The van der Waals surface area contributed by atoms with Crippen LogP contribution in [0.4, 0.5) is 5.95 Å². The topological polar surface area (TPSA) is 218 Å². The smallest absolute Gasteiger partial charge is 0.316 e. The van der Waals surface area contributed by atoms with Gasteiger partial charge in [0.2, 0.25) is 5.95 Å². The first-order chi connectivity index (χ1) is 26.8. The third kappa shape index (κ3) is 10.4. The van der Waals surface area contributed by atoms with Gasteiger partial charge in [-0.05, 0) is 103 Å². The minimum atomic E-state index is -1.63. The molecule has 0 aromatic carbocycles. The van der Waals surface area contributed by atoms with Crippen molar-refractivity contribution in [3.8, 4) is 10.6 Å². The monoisotopic (exact) mass is 816 g/mol. The largest absolute Gasteiger partial charge is 0.459 e. The first-order valence-corrected chi connectivity index (χ1v) is 20.6. The second-order valence-corrected chi connectivity index (χ2v) is 17.4. The minimum absolute atomic E-state index is 0.00892.